The Hall–Kier alpha value is -5.50. The Bertz CT molecular complexity index is 2420. The van der Waals surface area contributed by atoms with Crippen molar-refractivity contribution in [2.75, 3.05) is 0 Å². The van der Waals surface area contributed by atoms with Crippen LogP contribution in [0, 0.1) is 0 Å². The first-order valence-electron chi connectivity index (χ1n) is 15.9. The topological polar surface area (TPSA) is 0 Å². The molecule has 2 aliphatic rings. The van der Waals surface area contributed by atoms with Gasteiger partial charge in [0.25, 0.3) is 0 Å². The smallest absolute Gasteiger partial charge is 0.0725 e. The molecule has 1 heterocycles. The molecule has 0 atom stereocenters. The van der Waals surface area contributed by atoms with Crippen molar-refractivity contribution >= 4 is 22.1 Å². The Balaban J connectivity index is 1.36. The molecule has 46 heavy (non-hydrogen) atoms. The molecule has 0 bridgehead atoms. The van der Waals surface area contributed by atoms with E-state index < -0.39 is 0 Å². The van der Waals surface area contributed by atoms with Gasteiger partial charge in [0.1, 0.15) is 0 Å². The molecule has 1 heteroatoms. The van der Waals surface area contributed by atoms with Gasteiger partial charge in [0.05, 0.1) is 5.41 Å². The molecule has 7 aromatic carbocycles. The van der Waals surface area contributed by atoms with Crippen LogP contribution in [0.5, 0.6) is 0 Å². The van der Waals surface area contributed by atoms with Crippen LogP contribution in [-0.2, 0) is 5.41 Å². The lowest BCUT2D eigenvalue weighted by Gasteiger charge is -2.31. The summed E-state index contributed by atoms with van der Waals surface area (Å²) >= 11 is 1.92. The van der Waals surface area contributed by atoms with Crippen molar-refractivity contribution in [3.8, 4) is 54.3 Å². The number of hydrogen-bond donors (Lipinski definition) is 0. The predicted molar refractivity (Wildman–Crippen MR) is 194 cm³/mol. The Morgan fingerprint density at radius 1 is 0.304 bits per heavy atom. The standard InChI is InChI=1S/C45H28S/c1-3-15-29(16-4-1)36-27-37-33-21-11-14-26-41(33)45(39-24-12-9-19-31(39)32-20-10-13-25-40(32)45)42(37)28-38(36)44-35-23-8-7-22-34(35)43(46-44)30-17-5-2-6-18-30/h1-28H. The highest BCUT2D eigenvalue weighted by atomic mass is 32.1. The minimum atomic E-state index is -0.377. The third-order valence-corrected chi connectivity index (χ3v) is 11.4. The van der Waals surface area contributed by atoms with Gasteiger partial charge < -0.3 is 0 Å². The first kappa shape index (κ1) is 25.8. The molecule has 214 valence electrons. The van der Waals surface area contributed by atoms with Crippen LogP contribution < -0.4 is 0 Å². The van der Waals surface area contributed by atoms with Crippen molar-refractivity contribution < 1.29 is 0 Å². The fourth-order valence-corrected chi connectivity index (χ4v) is 9.59. The van der Waals surface area contributed by atoms with Crippen LogP contribution in [0.2, 0.25) is 0 Å². The van der Waals surface area contributed by atoms with E-state index in [4.69, 9.17) is 0 Å². The fourth-order valence-electron chi connectivity index (χ4n) is 8.28. The highest BCUT2D eigenvalue weighted by Gasteiger charge is 2.51. The van der Waals surface area contributed by atoms with Gasteiger partial charge in [-0.25, -0.2) is 0 Å². The van der Waals surface area contributed by atoms with Crippen molar-refractivity contribution in [3.05, 3.63) is 192 Å². The highest BCUT2D eigenvalue weighted by molar-refractivity contribution is 7.21. The Morgan fingerprint density at radius 2 is 0.761 bits per heavy atom. The summed E-state index contributed by atoms with van der Waals surface area (Å²) in [5.74, 6) is 0. The Morgan fingerprint density at radius 3 is 1.35 bits per heavy atom. The van der Waals surface area contributed by atoms with Crippen LogP contribution in [0.4, 0.5) is 0 Å². The normalized spacial score (nSPS) is 13.4. The van der Waals surface area contributed by atoms with E-state index in [1.165, 1.54) is 87.3 Å². The maximum atomic E-state index is 2.56. The van der Waals surface area contributed by atoms with Gasteiger partial charge in [-0.1, -0.05) is 158 Å². The molecular weight excluding hydrogens is 573 g/mol. The molecule has 1 spiro atoms. The first-order chi connectivity index (χ1) is 22.8. The molecule has 0 aliphatic heterocycles. The van der Waals surface area contributed by atoms with Gasteiger partial charge in [-0.15, -0.1) is 11.3 Å². The number of hydrogen-bond acceptors (Lipinski definition) is 1. The van der Waals surface area contributed by atoms with Crippen molar-refractivity contribution in [2.45, 2.75) is 5.41 Å². The SMILES string of the molecule is c1ccc(-c2cc3c(cc2-c2sc(-c4ccccc4)c4ccccc24)C2(c4ccccc4-c4ccccc42)c2ccccc2-3)cc1. The average molecular weight is 601 g/mol. The van der Waals surface area contributed by atoms with Crippen LogP contribution in [0.1, 0.15) is 22.3 Å². The monoisotopic (exact) mass is 600 g/mol. The predicted octanol–water partition coefficient (Wildman–Crippen LogP) is 12.2. The molecule has 0 saturated carbocycles. The van der Waals surface area contributed by atoms with Crippen LogP contribution in [-0.4, -0.2) is 0 Å². The Labute approximate surface area is 272 Å². The van der Waals surface area contributed by atoms with Crippen molar-refractivity contribution in [3.63, 3.8) is 0 Å². The second-order valence-electron chi connectivity index (χ2n) is 12.4. The van der Waals surface area contributed by atoms with Crippen LogP contribution >= 0.6 is 11.3 Å². The maximum Gasteiger partial charge on any atom is 0.0725 e. The number of fused-ring (bicyclic) bond motifs is 11. The van der Waals surface area contributed by atoms with E-state index in [1.54, 1.807) is 0 Å². The summed E-state index contributed by atoms with van der Waals surface area (Å²) in [5, 5.41) is 2.61. The molecule has 0 saturated heterocycles. The molecule has 10 rings (SSSR count). The van der Waals surface area contributed by atoms with E-state index in [2.05, 4.69) is 170 Å². The van der Waals surface area contributed by atoms with E-state index in [1.807, 2.05) is 11.3 Å². The van der Waals surface area contributed by atoms with Crippen molar-refractivity contribution in [1.82, 2.24) is 0 Å². The third kappa shape index (κ3) is 3.38. The quantitative estimate of drug-likeness (QED) is 0.189. The maximum absolute atomic E-state index is 2.56. The molecular formula is C45H28S. The zero-order chi connectivity index (χ0) is 30.2. The Kier molecular flexibility index (Phi) is 5.47. The average Bonchev–Trinajstić information content (AvgIpc) is 3.76. The lowest BCUT2D eigenvalue weighted by Crippen LogP contribution is -2.25. The lowest BCUT2D eigenvalue weighted by molar-refractivity contribution is 0.794. The molecule has 0 unspecified atom stereocenters. The van der Waals surface area contributed by atoms with E-state index in [9.17, 15) is 0 Å². The molecule has 0 amide bonds. The fraction of sp³-hybridized carbons (Fsp3) is 0.0222. The summed E-state index contributed by atoms with van der Waals surface area (Å²) in [6, 6.07) is 63.1. The number of thiophene rings is 1. The summed E-state index contributed by atoms with van der Waals surface area (Å²) in [4.78, 5) is 2.64. The van der Waals surface area contributed by atoms with E-state index in [0.29, 0.717) is 0 Å². The molecule has 1 aromatic heterocycles. The summed E-state index contributed by atoms with van der Waals surface area (Å²) in [7, 11) is 0. The lowest BCUT2D eigenvalue weighted by atomic mass is 9.70. The molecule has 0 fully saturated rings. The second kappa shape index (κ2) is 9.75. The van der Waals surface area contributed by atoms with Crippen LogP contribution in [0.15, 0.2) is 170 Å². The summed E-state index contributed by atoms with van der Waals surface area (Å²) in [5.41, 5.74) is 15.5. The number of benzene rings is 7. The van der Waals surface area contributed by atoms with Crippen molar-refractivity contribution in [2.24, 2.45) is 0 Å². The molecule has 0 N–H and O–H groups in total. The minimum Gasteiger partial charge on any atom is -0.134 e. The summed E-state index contributed by atoms with van der Waals surface area (Å²) in [6.45, 7) is 0. The van der Waals surface area contributed by atoms with Gasteiger partial charge in [0.2, 0.25) is 0 Å². The minimum absolute atomic E-state index is 0.377. The first-order valence-corrected chi connectivity index (χ1v) is 16.8. The summed E-state index contributed by atoms with van der Waals surface area (Å²) in [6.07, 6.45) is 0. The van der Waals surface area contributed by atoms with Gasteiger partial charge in [0, 0.05) is 26.1 Å². The van der Waals surface area contributed by atoms with E-state index in [0.717, 1.165) is 0 Å². The van der Waals surface area contributed by atoms with E-state index >= 15 is 0 Å². The van der Waals surface area contributed by atoms with Crippen LogP contribution in [0.25, 0.3) is 65.0 Å². The highest BCUT2D eigenvalue weighted by Crippen LogP contribution is 2.64. The third-order valence-electron chi connectivity index (χ3n) is 10.1. The number of rotatable bonds is 3. The van der Waals surface area contributed by atoms with Gasteiger partial charge in [-0.05, 0) is 73.3 Å². The molecule has 2 aliphatic carbocycles. The van der Waals surface area contributed by atoms with Crippen molar-refractivity contribution in [1.29, 1.82) is 0 Å². The van der Waals surface area contributed by atoms with Gasteiger partial charge in [-0.3, -0.25) is 0 Å². The largest absolute Gasteiger partial charge is 0.134 e. The molecule has 8 aromatic rings. The summed E-state index contributed by atoms with van der Waals surface area (Å²) < 4.78 is 0. The van der Waals surface area contributed by atoms with E-state index in [-0.39, 0.29) is 5.41 Å². The van der Waals surface area contributed by atoms with Gasteiger partial charge in [-0.2, -0.15) is 0 Å². The zero-order valence-electron chi connectivity index (χ0n) is 25.1. The van der Waals surface area contributed by atoms with Gasteiger partial charge in [0.15, 0.2) is 0 Å². The zero-order valence-corrected chi connectivity index (χ0v) is 25.9. The second-order valence-corrected chi connectivity index (χ2v) is 13.4. The van der Waals surface area contributed by atoms with Crippen LogP contribution in [0.3, 0.4) is 0 Å². The molecule has 0 radical (unpaired) electrons. The van der Waals surface area contributed by atoms with Gasteiger partial charge >= 0.3 is 0 Å². The molecule has 0 nitrogen and oxygen atoms in total.